The van der Waals surface area contributed by atoms with Crippen LogP contribution in [-0.4, -0.2) is 74.4 Å². The molecule has 2 fully saturated rings. The second kappa shape index (κ2) is 9.09. The van der Waals surface area contributed by atoms with Crippen molar-refractivity contribution < 1.29 is 4.74 Å². The summed E-state index contributed by atoms with van der Waals surface area (Å²) in [6, 6.07) is 2.13. The van der Waals surface area contributed by atoms with Crippen LogP contribution >= 0.6 is 0 Å². The van der Waals surface area contributed by atoms with Gasteiger partial charge in [0.25, 0.3) is 0 Å². The van der Waals surface area contributed by atoms with Crippen molar-refractivity contribution in [3.05, 3.63) is 0 Å². The third-order valence-electron chi connectivity index (χ3n) is 5.18. The van der Waals surface area contributed by atoms with Crippen LogP contribution in [0.4, 0.5) is 0 Å². The minimum atomic E-state index is 0.688. The molecule has 0 aliphatic carbocycles. The number of methoxy groups -OCH3 is 1. The molecule has 2 heterocycles. The maximum atomic E-state index is 5.35. The summed E-state index contributed by atoms with van der Waals surface area (Å²) in [5.41, 5.74) is 0. The first-order valence-electron chi connectivity index (χ1n) is 8.91. The summed E-state index contributed by atoms with van der Waals surface area (Å²) in [7, 11) is 1.82. The number of hydrogen-bond acceptors (Lipinski definition) is 4. The molecule has 0 amide bonds. The summed E-state index contributed by atoms with van der Waals surface area (Å²) in [6.45, 7) is 11.5. The number of rotatable bonds is 7. The van der Waals surface area contributed by atoms with Crippen molar-refractivity contribution in [3.8, 4) is 0 Å². The fourth-order valence-corrected chi connectivity index (χ4v) is 3.81. The van der Waals surface area contributed by atoms with Gasteiger partial charge in [-0.3, -0.25) is 4.90 Å². The molecule has 0 aromatic heterocycles. The van der Waals surface area contributed by atoms with Crippen molar-refractivity contribution in [1.29, 1.82) is 0 Å². The van der Waals surface area contributed by atoms with Gasteiger partial charge in [0.2, 0.25) is 0 Å². The number of nitrogens with zero attached hydrogens (tertiary/aromatic N) is 2. The molecular formula is C17H35N3O. The Morgan fingerprint density at radius 1 is 1.19 bits per heavy atom. The van der Waals surface area contributed by atoms with Gasteiger partial charge in [0.1, 0.15) is 0 Å². The molecule has 2 aliphatic rings. The molecule has 2 atom stereocenters. The van der Waals surface area contributed by atoms with Crippen molar-refractivity contribution in [2.24, 2.45) is 0 Å². The Kier molecular flexibility index (Phi) is 7.44. The van der Waals surface area contributed by atoms with Gasteiger partial charge in [0, 0.05) is 38.3 Å². The maximum Gasteiger partial charge on any atom is 0.0589 e. The van der Waals surface area contributed by atoms with E-state index in [0.717, 1.165) is 19.2 Å². The summed E-state index contributed by atoms with van der Waals surface area (Å²) < 4.78 is 5.35. The van der Waals surface area contributed by atoms with E-state index in [9.17, 15) is 0 Å². The second-order valence-electron chi connectivity index (χ2n) is 7.00. The Balaban J connectivity index is 1.88. The zero-order valence-electron chi connectivity index (χ0n) is 14.3. The van der Waals surface area contributed by atoms with E-state index in [1.165, 1.54) is 58.3 Å². The van der Waals surface area contributed by atoms with Crippen LogP contribution in [0.3, 0.4) is 0 Å². The summed E-state index contributed by atoms with van der Waals surface area (Å²) in [5, 5.41) is 3.65. The van der Waals surface area contributed by atoms with Crippen molar-refractivity contribution in [2.75, 3.05) is 46.4 Å². The molecular weight excluding hydrogens is 262 g/mol. The first-order chi connectivity index (χ1) is 10.2. The smallest absolute Gasteiger partial charge is 0.0589 e. The van der Waals surface area contributed by atoms with E-state index in [4.69, 9.17) is 4.74 Å². The topological polar surface area (TPSA) is 27.7 Å². The van der Waals surface area contributed by atoms with Gasteiger partial charge in [-0.2, -0.15) is 0 Å². The van der Waals surface area contributed by atoms with E-state index in [1.807, 2.05) is 7.11 Å². The predicted molar refractivity (Wildman–Crippen MR) is 88.8 cm³/mol. The molecule has 2 rings (SSSR count). The van der Waals surface area contributed by atoms with Gasteiger partial charge in [-0.25, -0.2) is 0 Å². The van der Waals surface area contributed by atoms with Gasteiger partial charge < -0.3 is 15.0 Å². The molecule has 124 valence electrons. The van der Waals surface area contributed by atoms with E-state index >= 15 is 0 Å². The SMILES string of the molecule is COCCN(CC1CCCN1)C1CCCN(C(C)C)CC1. The molecule has 1 N–H and O–H groups in total. The highest BCUT2D eigenvalue weighted by Gasteiger charge is 2.26. The van der Waals surface area contributed by atoms with Gasteiger partial charge in [-0.15, -0.1) is 0 Å². The lowest BCUT2D eigenvalue weighted by atomic mass is 10.1. The normalized spacial score (nSPS) is 28.4. The molecule has 0 radical (unpaired) electrons. The van der Waals surface area contributed by atoms with Crippen LogP contribution in [0, 0.1) is 0 Å². The maximum absolute atomic E-state index is 5.35. The molecule has 0 aromatic carbocycles. The Labute approximate surface area is 131 Å². The van der Waals surface area contributed by atoms with Crippen LogP contribution in [0.1, 0.15) is 46.0 Å². The zero-order chi connectivity index (χ0) is 15.1. The largest absolute Gasteiger partial charge is 0.383 e. The first kappa shape index (κ1) is 17.2. The molecule has 0 aromatic rings. The summed E-state index contributed by atoms with van der Waals surface area (Å²) in [6.07, 6.45) is 6.68. The lowest BCUT2D eigenvalue weighted by Crippen LogP contribution is -2.45. The molecule has 4 heteroatoms. The van der Waals surface area contributed by atoms with E-state index in [-0.39, 0.29) is 0 Å². The third kappa shape index (κ3) is 5.51. The molecule has 2 aliphatic heterocycles. The fourth-order valence-electron chi connectivity index (χ4n) is 3.81. The number of hydrogen-bond donors (Lipinski definition) is 1. The molecule has 21 heavy (non-hydrogen) atoms. The highest BCUT2D eigenvalue weighted by molar-refractivity contribution is 4.84. The van der Waals surface area contributed by atoms with Gasteiger partial charge in [0.15, 0.2) is 0 Å². The molecule has 2 saturated heterocycles. The summed E-state index contributed by atoms with van der Waals surface area (Å²) >= 11 is 0. The van der Waals surface area contributed by atoms with E-state index in [0.29, 0.717) is 12.1 Å². The quantitative estimate of drug-likeness (QED) is 0.777. The van der Waals surface area contributed by atoms with Crippen molar-refractivity contribution in [3.63, 3.8) is 0 Å². The number of ether oxygens (including phenoxy) is 1. The molecule has 0 saturated carbocycles. The second-order valence-corrected chi connectivity index (χ2v) is 7.00. The first-order valence-corrected chi connectivity index (χ1v) is 8.91. The average Bonchev–Trinajstić information content (AvgIpc) is 2.85. The molecule has 4 nitrogen and oxygen atoms in total. The van der Waals surface area contributed by atoms with E-state index in [1.54, 1.807) is 0 Å². The zero-order valence-corrected chi connectivity index (χ0v) is 14.3. The van der Waals surface area contributed by atoms with Crippen molar-refractivity contribution in [1.82, 2.24) is 15.1 Å². The Morgan fingerprint density at radius 2 is 2.05 bits per heavy atom. The Bertz CT molecular complexity index is 279. The number of likely N-dealkylation sites (tertiary alicyclic amines) is 1. The fraction of sp³-hybridized carbons (Fsp3) is 1.00. The highest BCUT2D eigenvalue weighted by Crippen LogP contribution is 2.20. The van der Waals surface area contributed by atoms with Crippen LogP contribution in [0.15, 0.2) is 0 Å². The van der Waals surface area contributed by atoms with Gasteiger partial charge in [-0.05, 0) is 65.6 Å². The summed E-state index contributed by atoms with van der Waals surface area (Å²) in [5.74, 6) is 0. The molecule has 0 bridgehead atoms. The van der Waals surface area contributed by atoms with Gasteiger partial charge in [0.05, 0.1) is 6.61 Å². The molecule has 2 unspecified atom stereocenters. The lowest BCUT2D eigenvalue weighted by Gasteiger charge is -2.33. The van der Waals surface area contributed by atoms with Crippen LogP contribution in [-0.2, 0) is 4.74 Å². The predicted octanol–water partition coefficient (Wildman–Crippen LogP) is 1.95. The van der Waals surface area contributed by atoms with Gasteiger partial charge in [-0.1, -0.05) is 0 Å². The van der Waals surface area contributed by atoms with E-state index < -0.39 is 0 Å². The Morgan fingerprint density at radius 3 is 2.71 bits per heavy atom. The minimum Gasteiger partial charge on any atom is -0.383 e. The minimum absolute atomic E-state index is 0.688. The molecule has 0 spiro atoms. The van der Waals surface area contributed by atoms with Crippen LogP contribution in [0.2, 0.25) is 0 Å². The average molecular weight is 297 g/mol. The standard InChI is InChI=1S/C17H35N3O/c1-15(2)19-10-5-7-17(8-11-19)20(12-13-21-3)14-16-6-4-9-18-16/h15-18H,4-14H2,1-3H3. The third-order valence-corrected chi connectivity index (χ3v) is 5.18. The summed E-state index contributed by atoms with van der Waals surface area (Å²) in [4.78, 5) is 5.35. The monoisotopic (exact) mass is 297 g/mol. The van der Waals surface area contributed by atoms with Crippen LogP contribution in [0.25, 0.3) is 0 Å². The number of nitrogens with one attached hydrogen (secondary N) is 1. The van der Waals surface area contributed by atoms with Crippen LogP contribution < -0.4 is 5.32 Å². The van der Waals surface area contributed by atoms with Crippen molar-refractivity contribution >= 4 is 0 Å². The highest BCUT2D eigenvalue weighted by atomic mass is 16.5. The van der Waals surface area contributed by atoms with Crippen LogP contribution in [0.5, 0.6) is 0 Å². The Hall–Kier alpha value is -0.160. The van der Waals surface area contributed by atoms with Gasteiger partial charge >= 0.3 is 0 Å². The van der Waals surface area contributed by atoms with E-state index in [2.05, 4.69) is 29.0 Å². The lowest BCUT2D eigenvalue weighted by molar-refractivity contribution is 0.104. The van der Waals surface area contributed by atoms with Crippen molar-refractivity contribution in [2.45, 2.75) is 64.1 Å².